The van der Waals surface area contributed by atoms with Crippen LogP contribution in [-0.2, 0) is 11.3 Å². The minimum absolute atomic E-state index is 0.0477. The number of thioether (sulfide) groups is 1. The summed E-state index contributed by atoms with van der Waals surface area (Å²) in [6.45, 7) is 8.64. The van der Waals surface area contributed by atoms with Crippen molar-refractivity contribution in [3.05, 3.63) is 53.9 Å². The second-order valence-electron chi connectivity index (χ2n) is 6.30. The van der Waals surface area contributed by atoms with Crippen molar-refractivity contribution in [2.75, 3.05) is 5.32 Å². The SMILES string of the molecule is CCn1c(S[C@H](C)C(=O)Nc2c(C)cccc2C)nnc1-c1ccncc1. The number of carbonyl (C=O) groups is 1. The summed E-state index contributed by atoms with van der Waals surface area (Å²) in [5, 5.41) is 12.1. The molecule has 2 aromatic heterocycles. The molecule has 0 aliphatic heterocycles. The molecule has 3 aromatic rings. The summed E-state index contributed by atoms with van der Waals surface area (Å²) in [4.78, 5) is 16.7. The maximum absolute atomic E-state index is 12.7. The van der Waals surface area contributed by atoms with Gasteiger partial charge < -0.3 is 9.88 Å². The molecule has 0 aliphatic rings. The van der Waals surface area contributed by atoms with Crippen molar-refractivity contribution in [3.63, 3.8) is 0 Å². The molecule has 0 fully saturated rings. The van der Waals surface area contributed by atoms with Gasteiger partial charge in [0.1, 0.15) is 0 Å². The van der Waals surface area contributed by atoms with Gasteiger partial charge in [0.2, 0.25) is 5.91 Å². The zero-order chi connectivity index (χ0) is 19.4. The lowest BCUT2D eigenvalue weighted by Gasteiger charge is -2.15. The van der Waals surface area contributed by atoms with Crippen molar-refractivity contribution in [1.29, 1.82) is 0 Å². The quantitative estimate of drug-likeness (QED) is 0.651. The van der Waals surface area contributed by atoms with Crippen LogP contribution in [0, 0.1) is 13.8 Å². The second kappa shape index (κ2) is 8.35. The van der Waals surface area contributed by atoms with Crippen molar-refractivity contribution >= 4 is 23.4 Å². The standard InChI is InChI=1S/C20H23N5OS/c1-5-25-18(16-9-11-21-12-10-16)23-24-20(25)27-15(4)19(26)22-17-13(2)7-6-8-14(17)3/h6-12,15H,5H2,1-4H3,(H,22,26)/t15-/m1/s1. The Kier molecular flexibility index (Phi) is 5.91. The molecule has 140 valence electrons. The summed E-state index contributed by atoms with van der Waals surface area (Å²) in [6.07, 6.45) is 3.47. The fraction of sp³-hybridized carbons (Fsp3) is 0.300. The average Bonchev–Trinajstić information content (AvgIpc) is 3.07. The molecule has 1 N–H and O–H groups in total. The Hall–Kier alpha value is -2.67. The molecule has 1 amide bonds. The van der Waals surface area contributed by atoms with E-state index in [9.17, 15) is 4.79 Å². The number of pyridine rings is 1. The zero-order valence-corrected chi connectivity index (χ0v) is 16.7. The molecule has 0 spiro atoms. The van der Waals surface area contributed by atoms with Crippen LogP contribution in [0.3, 0.4) is 0 Å². The first-order valence-electron chi connectivity index (χ1n) is 8.88. The molecule has 1 aromatic carbocycles. The predicted octanol–water partition coefficient (Wildman–Crippen LogP) is 4.10. The number of nitrogens with one attached hydrogen (secondary N) is 1. The number of aryl methyl sites for hydroxylation is 2. The van der Waals surface area contributed by atoms with Gasteiger partial charge in [0.25, 0.3) is 0 Å². The van der Waals surface area contributed by atoms with E-state index >= 15 is 0 Å². The Balaban J connectivity index is 1.77. The Morgan fingerprint density at radius 2 is 1.81 bits per heavy atom. The van der Waals surface area contributed by atoms with Gasteiger partial charge in [-0.25, -0.2) is 0 Å². The van der Waals surface area contributed by atoms with Gasteiger partial charge in [0.05, 0.1) is 5.25 Å². The van der Waals surface area contributed by atoms with Crippen molar-refractivity contribution < 1.29 is 4.79 Å². The first kappa shape index (κ1) is 19.1. The molecule has 0 bridgehead atoms. The molecule has 3 rings (SSSR count). The number of hydrogen-bond donors (Lipinski definition) is 1. The van der Waals surface area contributed by atoms with Crippen LogP contribution in [0.1, 0.15) is 25.0 Å². The number of aromatic nitrogens is 4. The molecule has 0 saturated heterocycles. The number of nitrogens with zero attached hydrogens (tertiary/aromatic N) is 4. The average molecular weight is 382 g/mol. The number of para-hydroxylation sites is 1. The van der Waals surface area contributed by atoms with Crippen molar-refractivity contribution in [2.24, 2.45) is 0 Å². The lowest BCUT2D eigenvalue weighted by atomic mass is 10.1. The molecule has 7 heteroatoms. The summed E-state index contributed by atoms with van der Waals surface area (Å²) >= 11 is 1.41. The zero-order valence-electron chi connectivity index (χ0n) is 15.9. The summed E-state index contributed by atoms with van der Waals surface area (Å²) in [5.41, 5.74) is 3.94. The molecule has 2 heterocycles. The van der Waals surface area contributed by atoms with Gasteiger partial charge in [-0.15, -0.1) is 10.2 Å². The molecular formula is C20H23N5OS. The summed E-state index contributed by atoms with van der Waals surface area (Å²) in [6, 6.07) is 9.79. The van der Waals surface area contributed by atoms with Crippen LogP contribution in [-0.4, -0.2) is 30.9 Å². The highest BCUT2D eigenvalue weighted by Crippen LogP contribution is 2.28. The number of hydrogen-bond acceptors (Lipinski definition) is 5. The van der Waals surface area contributed by atoms with Crippen LogP contribution in [0.2, 0.25) is 0 Å². The second-order valence-corrected chi connectivity index (χ2v) is 7.61. The number of amides is 1. The van der Waals surface area contributed by atoms with E-state index in [0.29, 0.717) is 0 Å². The molecule has 1 atom stereocenters. The molecule has 27 heavy (non-hydrogen) atoms. The molecular weight excluding hydrogens is 358 g/mol. The number of benzene rings is 1. The van der Waals surface area contributed by atoms with Gasteiger partial charge in [-0.1, -0.05) is 30.0 Å². The van der Waals surface area contributed by atoms with Gasteiger partial charge in [-0.3, -0.25) is 9.78 Å². The molecule has 6 nitrogen and oxygen atoms in total. The fourth-order valence-electron chi connectivity index (χ4n) is 2.82. The number of rotatable bonds is 6. The molecule has 0 aliphatic carbocycles. The summed E-state index contributed by atoms with van der Waals surface area (Å²) in [5.74, 6) is 0.735. The van der Waals surface area contributed by atoms with Crippen LogP contribution in [0.15, 0.2) is 47.9 Å². The van der Waals surface area contributed by atoms with Gasteiger partial charge >= 0.3 is 0 Å². The third kappa shape index (κ3) is 4.19. The number of anilines is 1. The normalized spacial score (nSPS) is 12.0. The predicted molar refractivity (Wildman–Crippen MR) is 109 cm³/mol. The van der Waals surface area contributed by atoms with E-state index in [2.05, 4.69) is 20.5 Å². The summed E-state index contributed by atoms with van der Waals surface area (Å²) in [7, 11) is 0. The third-order valence-corrected chi connectivity index (χ3v) is 5.43. The molecule has 0 radical (unpaired) electrons. The minimum Gasteiger partial charge on any atom is -0.325 e. The Morgan fingerprint density at radius 3 is 2.44 bits per heavy atom. The third-order valence-electron chi connectivity index (χ3n) is 4.35. The Bertz CT molecular complexity index is 919. The van der Waals surface area contributed by atoms with Crippen molar-refractivity contribution in [1.82, 2.24) is 19.7 Å². The van der Waals surface area contributed by atoms with Crippen LogP contribution >= 0.6 is 11.8 Å². The first-order valence-corrected chi connectivity index (χ1v) is 9.76. The molecule has 0 unspecified atom stereocenters. The van der Waals surface area contributed by atoms with E-state index < -0.39 is 0 Å². The fourth-order valence-corrected chi connectivity index (χ4v) is 3.74. The summed E-state index contributed by atoms with van der Waals surface area (Å²) < 4.78 is 2.02. The van der Waals surface area contributed by atoms with Crippen LogP contribution in [0.25, 0.3) is 11.4 Å². The largest absolute Gasteiger partial charge is 0.325 e. The lowest BCUT2D eigenvalue weighted by molar-refractivity contribution is -0.115. The maximum Gasteiger partial charge on any atom is 0.237 e. The molecule has 0 saturated carbocycles. The Labute approximate surface area is 163 Å². The van der Waals surface area contributed by atoms with Crippen molar-refractivity contribution in [3.8, 4) is 11.4 Å². The van der Waals surface area contributed by atoms with Crippen LogP contribution in [0.4, 0.5) is 5.69 Å². The van der Waals surface area contributed by atoms with Gasteiger partial charge in [-0.05, 0) is 51.0 Å². The number of carbonyl (C=O) groups excluding carboxylic acids is 1. The van der Waals surface area contributed by atoms with Gasteiger partial charge in [0, 0.05) is 30.2 Å². The Morgan fingerprint density at radius 1 is 1.15 bits per heavy atom. The highest BCUT2D eigenvalue weighted by molar-refractivity contribution is 8.00. The van der Waals surface area contributed by atoms with Crippen molar-refractivity contribution in [2.45, 2.75) is 44.6 Å². The first-order chi connectivity index (χ1) is 13.0. The monoisotopic (exact) mass is 381 g/mol. The van der Waals surface area contributed by atoms with E-state index in [1.165, 1.54) is 11.8 Å². The van der Waals surface area contributed by atoms with Crippen LogP contribution < -0.4 is 5.32 Å². The van der Waals surface area contributed by atoms with E-state index in [4.69, 9.17) is 0 Å². The highest BCUT2D eigenvalue weighted by atomic mass is 32.2. The minimum atomic E-state index is -0.302. The highest BCUT2D eigenvalue weighted by Gasteiger charge is 2.21. The van der Waals surface area contributed by atoms with E-state index in [1.54, 1.807) is 12.4 Å². The maximum atomic E-state index is 12.7. The van der Waals surface area contributed by atoms with Gasteiger partial charge in [0.15, 0.2) is 11.0 Å². The smallest absolute Gasteiger partial charge is 0.237 e. The van der Waals surface area contributed by atoms with E-state index in [-0.39, 0.29) is 11.2 Å². The van der Waals surface area contributed by atoms with Gasteiger partial charge in [-0.2, -0.15) is 0 Å². The lowest BCUT2D eigenvalue weighted by Crippen LogP contribution is -2.23. The topological polar surface area (TPSA) is 72.7 Å². The van der Waals surface area contributed by atoms with E-state index in [0.717, 1.165) is 39.9 Å². The van der Waals surface area contributed by atoms with E-state index in [1.807, 2.05) is 62.6 Å². The van der Waals surface area contributed by atoms with Crippen LogP contribution in [0.5, 0.6) is 0 Å².